The first kappa shape index (κ1) is 29.7. The Kier molecular flexibility index (Phi) is 9.29. The van der Waals surface area contributed by atoms with E-state index in [-0.39, 0.29) is 30.3 Å². The highest BCUT2D eigenvalue weighted by Crippen LogP contribution is 2.38. The van der Waals surface area contributed by atoms with E-state index < -0.39 is 12.1 Å². The lowest BCUT2D eigenvalue weighted by Crippen LogP contribution is -2.50. The number of hydrogen-bond acceptors (Lipinski definition) is 5. The van der Waals surface area contributed by atoms with Gasteiger partial charge in [0.25, 0.3) is 5.91 Å². The molecular formula is C34H38N4O5. The van der Waals surface area contributed by atoms with Gasteiger partial charge in [-0.2, -0.15) is 0 Å². The second-order valence-corrected chi connectivity index (χ2v) is 11.0. The number of nitrogens with zero attached hydrogens (tertiary/aromatic N) is 2. The third-order valence-corrected chi connectivity index (χ3v) is 7.52. The van der Waals surface area contributed by atoms with Gasteiger partial charge in [-0.25, -0.2) is 4.79 Å². The van der Waals surface area contributed by atoms with Crippen molar-refractivity contribution in [1.29, 1.82) is 0 Å². The first-order chi connectivity index (χ1) is 20.9. The summed E-state index contributed by atoms with van der Waals surface area (Å²) < 4.78 is 11.8. The summed E-state index contributed by atoms with van der Waals surface area (Å²) in [7, 11) is 0. The Morgan fingerprint density at radius 3 is 2.30 bits per heavy atom. The SMILES string of the molecule is CCN1C(=O)N[C@H](c2cccc(Oc3ccccc3)c2)C2=C1CN([C@@H](CC(C)C)C(=O)NCCOc1ccccc1)C2=O. The molecule has 3 aromatic rings. The molecule has 0 saturated heterocycles. The van der Waals surface area contributed by atoms with E-state index in [9.17, 15) is 14.4 Å². The molecule has 0 unspecified atom stereocenters. The Morgan fingerprint density at radius 2 is 1.63 bits per heavy atom. The van der Waals surface area contributed by atoms with Crippen molar-refractivity contribution in [2.75, 3.05) is 26.2 Å². The number of amides is 4. The lowest BCUT2D eigenvalue weighted by Gasteiger charge is -2.33. The summed E-state index contributed by atoms with van der Waals surface area (Å²) in [5.41, 5.74) is 1.83. The zero-order valence-electron chi connectivity index (χ0n) is 24.8. The Morgan fingerprint density at radius 1 is 0.953 bits per heavy atom. The molecule has 2 aliphatic rings. The Labute approximate surface area is 252 Å². The van der Waals surface area contributed by atoms with Crippen LogP contribution in [0.1, 0.15) is 38.8 Å². The van der Waals surface area contributed by atoms with Crippen molar-refractivity contribution in [3.63, 3.8) is 0 Å². The predicted molar refractivity (Wildman–Crippen MR) is 164 cm³/mol. The first-order valence-electron chi connectivity index (χ1n) is 14.8. The average molecular weight is 583 g/mol. The highest BCUT2D eigenvalue weighted by molar-refractivity contribution is 6.03. The minimum absolute atomic E-state index is 0.159. The van der Waals surface area contributed by atoms with Gasteiger partial charge in [0.1, 0.15) is 29.9 Å². The summed E-state index contributed by atoms with van der Waals surface area (Å²) in [6, 6.07) is 24.6. The number of nitrogens with one attached hydrogen (secondary N) is 2. The van der Waals surface area contributed by atoms with E-state index >= 15 is 0 Å². The topological polar surface area (TPSA) is 100 Å². The van der Waals surface area contributed by atoms with Gasteiger partial charge in [-0.15, -0.1) is 0 Å². The van der Waals surface area contributed by atoms with Gasteiger partial charge in [0.15, 0.2) is 0 Å². The van der Waals surface area contributed by atoms with Crippen molar-refractivity contribution in [3.8, 4) is 17.2 Å². The average Bonchev–Trinajstić information content (AvgIpc) is 3.35. The molecule has 5 rings (SSSR count). The quantitative estimate of drug-likeness (QED) is 0.284. The van der Waals surface area contributed by atoms with Crippen LogP contribution in [0, 0.1) is 5.92 Å². The van der Waals surface area contributed by atoms with Gasteiger partial charge in [-0.3, -0.25) is 14.5 Å². The molecule has 0 aromatic heterocycles. The number of carbonyl (C=O) groups is 3. The van der Waals surface area contributed by atoms with Gasteiger partial charge < -0.3 is 25.0 Å². The molecule has 2 N–H and O–H groups in total. The van der Waals surface area contributed by atoms with Crippen LogP contribution in [0.5, 0.6) is 17.2 Å². The smallest absolute Gasteiger partial charge is 0.322 e. The molecule has 3 aromatic carbocycles. The van der Waals surface area contributed by atoms with Crippen LogP contribution in [0.4, 0.5) is 4.79 Å². The monoisotopic (exact) mass is 582 g/mol. The second-order valence-electron chi connectivity index (χ2n) is 11.0. The number of hydrogen-bond donors (Lipinski definition) is 2. The maximum Gasteiger partial charge on any atom is 0.322 e. The molecular weight excluding hydrogens is 544 g/mol. The van der Waals surface area contributed by atoms with Crippen LogP contribution in [0.15, 0.2) is 96.2 Å². The van der Waals surface area contributed by atoms with Crippen molar-refractivity contribution in [3.05, 3.63) is 102 Å². The minimum atomic E-state index is -0.697. The van der Waals surface area contributed by atoms with Crippen LogP contribution >= 0.6 is 0 Å². The number of benzene rings is 3. The zero-order chi connectivity index (χ0) is 30.3. The molecule has 2 aliphatic heterocycles. The molecule has 0 radical (unpaired) electrons. The van der Waals surface area contributed by atoms with Crippen LogP contribution in [0.3, 0.4) is 0 Å². The summed E-state index contributed by atoms with van der Waals surface area (Å²) in [6.45, 7) is 7.10. The number of likely N-dealkylation sites (N-methyl/N-ethyl adjacent to an activating group) is 1. The largest absolute Gasteiger partial charge is 0.492 e. The molecule has 9 nitrogen and oxygen atoms in total. The number of ether oxygens (including phenoxy) is 2. The maximum absolute atomic E-state index is 14.2. The Bertz CT molecular complexity index is 1470. The molecule has 0 aliphatic carbocycles. The Balaban J connectivity index is 1.36. The molecule has 0 bridgehead atoms. The fourth-order valence-electron chi connectivity index (χ4n) is 5.53. The maximum atomic E-state index is 14.2. The van der Waals surface area contributed by atoms with Crippen molar-refractivity contribution in [2.45, 2.75) is 39.3 Å². The van der Waals surface area contributed by atoms with Crippen molar-refractivity contribution in [1.82, 2.24) is 20.4 Å². The van der Waals surface area contributed by atoms with Crippen molar-refractivity contribution >= 4 is 17.8 Å². The lowest BCUT2D eigenvalue weighted by atomic mass is 9.95. The van der Waals surface area contributed by atoms with Gasteiger partial charge in [0.05, 0.1) is 30.4 Å². The number of rotatable bonds is 12. The van der Waals surface area contributed by atoms with Gasteiger partial charge in [-0.05, 0) is 61.2 Å². The number of carbonyl (C=O) groups excluding carboxylic acids is 3. The second kappa shape index (κ2) is 13.5. The van der Waals surface area contributed by atoms with Gasteiger partial charge in [0.2, 0.25) is 5.91 Å². The highest BCUT2D eigenvalue weighted by Gasteiger charge is 2.46. The van der Waals surface area contributed by atoms with Crippen LogP contribution in [-0.4, -0.2) is 59.9 Å². The van der Waals surface area contributed by atoms with E-state index in [4.69, 9.17) is 9.47 Å². The summed E-state index contributed by atoms with van der Waals surface area (Å²) in [5.74, 6) is 1.67. The molecule has 2 atom stereocenters. The molecule has 4 amide bonds. The normalized spacial score (nSPS) is 17.1. The molecule has 9 heteroatoms. The fraction of sp³-hybridized carbons (Fsp3) is 0.324. The highest BCUT2D eigenvalue weighted by atomic mass is 16.5. The first-order valence-corrected chi connectivity index (χ1v) is 14.8. The van der Waals surface area contributed by atoms with E-state index in [2.05, 4.69) is 10.6 Å². The molecule has 0 saturated carbocycles. The summed E-state index contributed by atoms with van der Waals surface area (Å²) >= 11 is 0. The van der Waals surface area contributed by atoms with Crippen molar-refractivity contribution < 1.29 is 23.9 Å². The van der Waals surface area contributed by atoms with Gasteiger partial charge in [0, 0.05) is 6.54 Å². The van der Waals surface area contributed by atoms with Gasteiger partial charge >= 0.3 is 6.03 Å². The zero-order valence-corrected chi connectivity index (χ0v) is 24.8. The van der Waals surface area contributed by atoms with E-state index in [0.29, 0.717) is 48.9 Å². The molecule has 0 fully saturated rings. The molecule has 0 spiro atoms. The fourth-order valence-corrected chi connectivity index (χ4v) is 5.53. The van der Waals surface area contributed by atoms with Crippen LogP contribution in [-0.2, 0) is 9.59 Å². The number of urea groups is 1. The molecule has 43 heavy (non-hydrogen) atoms. The van der Waals surface area contributed by atoms with Crippen LogP contribution in [0.25, 0.3) is 0 Å². The molecule has 2 heterocycles. The summed E-state index contributed by atoms with van der Waals surface area (Å²) in [6.07, 6.45) is 0.482. The third kappa shape index (κ3) is 6.83. The van der Waals surface area contributed by atoms with Gasteiger partial charge in [-0.1, -0.05) is 62.4 Å². The van der Waals surface area contributed by atoms with E-state index in [1.165, 1.54) is 0 Å². The third-order valence-electron chi connectivity index (χ3n) is 7.52. The lowest BCUT2D eigenvalue weighted by molar-refractivity contribution is -0.137. The van der Waals surface area contributed by atoms with Crippen molar-refractivity contribution in [2.24, 2.45) is 5.92 Å². The standard InChI is InChI=1S/C34H38N4O5/c1-4-37-29-22-38(28(20-23(2)3)32(39)35-18-19-42-25-13-7-5-8-14-25)33(40)30(29)31(36-34(37)41)24-12-11-17-27(21-24)43-26-15-9-6-10-16-26/h5-17,21,23,28,31H,4,18-20,22H2,1-3H3,(H,35,39)(H,36,41)/t28-,31+/m0/s1. The molecule has 224 valence electrons. The number of para-hydroxylation sites is 2. The summed E-state index contributed by atoms with van der Waals surface area (Å²) in [4.78, 5) is 44.1. The summed E-state index contributed by atoms with van der Waals surface area (Å²) in [5, 5.41) is 5.98. The van der Waals surface area contributed by atoms with E-state index in [0.717, 1.165) is 11.3 Å². The van der Waals surface area contributed by atoms with E-state index in [1.54, 1.807) is 9.80 Å². The predicted octanol–water partition coefficient (Wildman–Crippen LogP) is 5.27. The van der Waals surface area contributed by atoms with Crippen LogP contribution < -0.4 is 20.1 Å². The van der Waals surface area contributed by atoms with Crippen LogP contribution in [0.2, 0.25) is 0 Å². The Hall–Kier alpha value is -4.79. The minimum Gasteiger partial charge on any atom is -0.492 e. The van der Waals surface area contributed by atoms with E-state index in [1.807, 2.05) is 106 Å².